The summed E-state index contributed by atoms with van der Waals surface area (Å²) in [5, 5.41) is 13.4. The number of hydrogen-bond donors (Lipinski definition) is 1. The van der Waals surface area contributed by atoms with Crippen LogP contribution in [0.2, 0.25) is 0 Å². The van der Waals surface area contributed by atoms with E-state index in [-0.39, 0.29) is 0 Å². The lowest BCUT2D eigenvalue weighted by Gasteiger charge is -2.05. The van der Waals surface area contributed by atoms with Crippen molar-refractivity contribution in [2.75, 3.05) is 0 Å². The second-order valence-electron chi connectivity index (χ2n) is 3.74. The van der Waals surface area contributed by atoms with Crippen LogP contribution >= 0.6 is 0 Å². The maximum atomic E-state index is 9.35. The monoisotopic (exact) mass is 233 g/mol. The minimum absolute atomic E-state index is 0.491. The van der Waals surface area contributed by atoms with Gasteiger partial charge in [0.2, 0.25) is 5.88 Å². The summed E-state index contributed by atoms with van der Waals surface area (Å²) in [5.74, 6) is 1.15. The Kier molecular flexibility index (Phi) is 3.39. The van der Waals surface area contributed by atoms with Crippen LogP contribution in [0.15, 0.2) is 30.7 Å². The van der Waals surface area contributed by atoms with Gasteiger partial charge in [-0.1, -0.05) is 0 Å². The third-order valence-electron chi connectivity index (χ3n) is 2.40. The average molecular weight is 233 g/mol. The number of nitrogens with zero attached hydrogens (tertiary/aromatic N) is 3. The topological polar surface area (TPSA) is 60.2 Å². The first-order valence-electron chi connectivity index (χ1n) is 5.53. The molecule has 5 nitrogen and oxygen atoms in total. The first-order chi connectivity index (χ1) is 8.19. The zero-order valence-corrected chi connectivity index (χ0v) is 9.87. The molecule has 0 radical (unpaired) electrons. The van der Waals surface area contributed by atoms with Gasteiger partial charge in [-0.15, -0.1) is 0 Å². The van der Waals surface area contributed by atoms with E-state index in [2.05, 4.69) is 10.1 Å². The molecule has 0 unspecified atom stereocenters. The van der Waals surface area contributed by atoms with Crippen LogP contribution in [-0.4, -0.2) is 19.9 Å². The van der Waals surface area contributed by atoms with Crippen LogP contribution in [0.25, 0.3) is 0 Å². The van der Waals surface area contributed by atoms with Crippen molar-refractivity contribution in [3.05, 3.63) is 36.3 Å². The Balaban J connectivity index is 2.08. The van der Waals surface area contributed by atoms with Crippen LogP contribution in [-0.2, 0) is 6.54 Å². The molecule has 5 heteroatoms. The summed E-state index contributed by atoms with van der Waals surface area (Å²) in [6.07, 6.45) is 4.54. The van der Waals surface area contributed by atoms with E-state index in [1.54, 1.807) is 36.1 Å². The number of pyridine rings is 1. The molecule has 0 saturated heterocycles. The first-order valence-corrected chi connectivity index (χ1v) is 5.53. The van der Waals surface area contributed by atoms with Crippen molar-refractivity contribution >= 4 is 0 Å². The zero-order valence-electron chi connectivity index (χ0n) is 9.87. The highest BCUT2D eigenvalue weighted by molar-refractivity contribution is 5.24. The summed E-state index contributed by atoms with van der Waals surface area (Å²) in [6.45, 7) is 4.51. The molecule has 0 amide bonds. The smallest absolute Gasteiger partial charge is 0.219 e. The minimum Gasteiger partial charge on any atom is -0.436 e. The fraction of sp³-hybridized carbons (Fsp3) is 0.333. The van der Waals surface area contributed by atoms with Crippen LogP contribution < -0.4 is 4.74 Å². The molecule has 0 aliphatic carbocycles. The molecule has 1 N–H and O–H groups in total. The van der Waals surface area contributed by atoms with Crippen LogP contribution in [0.1, 0.15) is 25.5 Å². The summed E-state index contributed by atoms with van der Waals surface area (Å²) >= 11 is 0. The molecule has 0 aliphatic rings. The largest absolute Gasteiger partial charge is 0.436 e. The standard InChI is InChI=1S/C12H15N3O2/c1-3-15-8-11(7-14-15)17-12-5-4-10(6-13-12)9(2)16/h4-9,16H,3H2,1-2H3/t9-/m1/s1. The van der Waals surface area contributed by atoms with E-state index in [1.165, 1.54) is 0 Å². The Labute approximate surface area is 99.7 Å². The van der Waals surface area contributed by atoms with Crippen molar-refractivity contribution < 1.29 is 9.84 Å². The summed E-state index contributed by atoms with van der Waals surface area (Å²) < 4.78 is 7.30. The van der Waals surface area contributed by atoms with E-state index in [0.717, 1.165) is 12.1 Å². The molecule has 2 aromatic heterocycles. The van der Waals surface area contributed by atoms with Gasteiger partial charge in [-0.05, 0) is 25.5 Å². The van der Waals surface area contributed by atoms with Crippen molar-refractivity contribution in [2.24, 2.45) is 0 Å². The van der Waals surface area contributed by atoms with Crippen LogP contribution in [0, 0.1) is 0 Å². The summed E-state index contributed by atoms with van der Waals surface area (Å²) in [6, 6.07) is 3.52. The number of aliphatic hydroxyl groups is 1. The molecular formula is C12H15N3O2. The van der Waals surface area contributed by atoms with Crippen molar-refractivity contribution in [3.8, 4) is 11.6 Å². The number of hydrogen-bond acceptors (Lipinski definition) is 4. The van der Waals surface area contributed by atoms with Crippen LogP contribution in [0.3, 0.4) is 0 Å². The number of aliphatic hydroxyl groups excluding tert-OH is 1. The Bertz CT molecular complexity index is 477. The van der Waals surface area contributed by atoms with Crippen LogP contribution in [0.5, 0.6) is 11.6 Å². The summed E-state index contributed by atoms with van der Waals surface area (Å²) in [5.41, 5.74) is 0.765. The minimum atomic E-state index is -0.514. The van der Waals surface area contributed by atoms with Gasteiger partial charge in [0.25, 0.3) is 0 Å². The Hall–Kier alpha value is -1.88. The Morgan fingerprint density at radius 2 is 2.24 bits per heavy atom. The maximum Gasteiger partial charge on any atom is 0.219 e. The van der Waals surface area contributed by atoms with Gasteiger partial charge in [0.15, 0.2) is 5.75 Å². The van der Waals surface area contributed by atoms with Crippen molar-refractivity contribution in [3.63, 3.8) is 0 Å². The normalized spacial score (nSPS) is 12.4. The first kappa shape index (κ1) is 11.6. The van der Waals surface area contributed by atoms with Gasteiger partial charge in [-0.3, -0.25) is 4.68 Å². The molecule has 0 aliphatic heterocycles. The van der Waals surface area contributed by atoms with Gasteiger partial charge >= 0.3 is 0 Å². The molecule has 2 rings (SSSR count). The van der Waals surface area contributed by atoms with Crippen molar-refractivity contribution in [1.82, 2.24) is 14.8 Å². The zero-order chi connectivity index (χ0) is 12.3. The molecule has 0 fully saturated rings. The van der Waals surface area contributed by atoms with E-state index in [4.69, 9.17) is 4.74 Å². The Morgan fingerprint density at radius 1 is 1.41 bits per heavy atom. The molecule has 1 atom stereocenters. The summed E-state index contributed by atoms with van der Waals surface area (Å²) in [4.78, 5) is 4.11. The maximum absolute atomic E-state index is 9.35. The molecule has 2 aromatic rings. The van der Waals surface area contributed by atoms with Gasteiger partial charge in [-0.2, -0.15) is 5.10 Å². The lowest BCUT2D eigenvalue weighted by Crippen LogP contribution is -1.94. The predicted octanol–water partition coefficient (Wildman–Crippen LogP) is 2.14. The summed E-state index contributed by atoms with van der Waals surface area (Å²) in [7, 11) is 0. The van der Waals surface area contributed by atoms with Crippen molar-refractivity contribution in [1.29, 1.82) is 0 Å². The molecule has 0 bridgehead atoms. The SMILES string of the molecule is CCn1cc(Oc2ccc([C@@H](C)O)cn2)cn1. The van der Waals surface area contributed by atoms with Gasteiger partial charge in [0, 0.05) is 18.8 Å². The van der Waals surface area contributed by atoms with Crippen molar-refractivity contribution in [2.45, 2.75) is 26.5 Å². The highest BCUT2D eigenvalue weighted by atomic mass is 16.5. The molecule has 0 spiro atoms. The van der Waals surface area contributed by atoms with Gasteiger partial charge in [0.05, 0.1) is 18.5 Å². The van der Waals surface area contributed by atoms with E-state index >= 15 is 0 Å². The third kappa shape index (κ3) is 2.82. The average Bonchev–Trinajstić information content (AvgIpc) is 2.77. The van der Waals surface area contributed by atoms with Gasteiger partial charge in [0.1, 0.15) is 0 Å². The second-order valence-corrected chi connectivity index (χ2v) is 3.74. The van der Waals surface area contributed by atoms with E-state index in [0.29, 0.717) is 11.6 Å². The number of aromatic nitrogens is 3. The predicted molar refractivity (Wildman–Crippen MR) is 62.8 cm³/mol. The number of rotatable bonds is 4. The lowest BCUT2D eigenvalue weighted by molar-refractivity contribution is 0.198. The molecule has 0 aromatic carbocycles. The van der Waals surface area contributed by atoms with Gasteiger partial charge in [-0.25, -0.2) is 4.98 Å². The Morgan fingerprint density at radius 3 is 2.76 bits per heavy atom. The fourth-order valence-corrected chi connectivity index (χ4v) is 1.39. The number of ether oxygens (including phenoxy) is 1. The van der Waals surface area contributed by atoms with E-state index in [9.17, 15) is 5.11 Å². The molecule has 17 heavy (non-hydrogen) atoms. The van der Waals surface area contributed by atoms with E-state index in [1.807, 2.05) is 13.1 Å². The van der Waals surface area contributed by atoms with Gasteiger partial charge < -0.3 is 9.84 Å². The molecule has 90 valence electrons. The highest BCUT2D eigenvalue weighted by Crippen LogP contribution is 2.20. The molecule has 2 heterocycles. The van der Waals surface area contributed by atoms with E-state index < -0.39 is 6.10 Å². The quantitative estimate of drug-likeness (QED) is 0.878. The fourth-order valence-electron chi connectivity index (χ4n) is 1.39. The second kappa shape index (κ2) is 4.97. The molecular weight excluding hydrogens is 218 g/mol. The highest BCUT2D eigenvalue weighted by Gasteiger charge is 2.04. The molecule has 0 saturated carbocycles. The lowest BCUT2D eigenvalue weighted by atomic mass is 10.2. The number of aryl methyl sites for hydroxylation is 1. The third-order valence-corrected chi connectivity index (χ3v) is 2.40. The van der Waals surface area contributed by atoms with Crippen LogP contribution in [0.4, 0.5) is 0 Å².